The van der Waals surface area contributed by atoms with E-state index >= 15 is 13.2 Å². The number of halogens is 3. The lowest BCUT2D eigenvalue weighted by atomic mass is 9.97. The molecule has 68 heavy (non-hydrogen) atoms. The van der Waals surface area contributed by atoms with Gasteiger partial charge in [-0.3, -0.25) is 0 Å². The lowest BCUT2D eigenvalue weighted by molar-refractivity contribution is -0.137. The molecule has 7 nitrogen and oxygen atoms in total. The van der Waals surface area contributed by atoms with Crippen LogP contribution in [0.25, 0.3) is 99.8 Å². The predicted octanol–water partition coefficient (Wildman–Crippen LogP) is 14.4. The number of hydrogen-bond donors (Lipinski definition) is 0. The highest BCUT2D eigenvalue weighted by Gasteiger charge is 2.35. The quantitative estimate of drug-likeness (QED) is 0.165. The van der Waals surface area contributed by atoms with Crippen molar-refractivity contribution in [2.45, 2.75) is 6.18 Å². The zero-order valence-corrected chi connectivity index (χ0v) is 35.6. The minimum absolute atomic E-state index is 0.206. The normalized spacial score (nSPS) is 11.4. The van der Waals surface area contributed by atoms with E-state index in [1.54, 1.807) is 24.3 Å². The van der Waals surface area contributed by atoms with E-state index in [1.807, 2.05) is 143 Å². The molecule has 0 fully saturated rings. The van der Waals surface area contributed by atoms with E-state index in [0.29, 0.717) is 72.4 Å². The molecule has 3 aromatic heterocycles. The Morgan fingerprint density at radius 2 is 0.868 bits per heavy atom. The second kappa shape index (κ2) is 16.1. The fraction of sp³-hybridized carbons (Fsp3) is 0.0172. The van der Waals surface area contributed by atoms with Crippen LogP contribution in [-0.2, 0) is 6.18 Å². The molecule has 0 N–H and O–H groups in total. The average molecular weight is 882 g/mol. The highest BCUT2D eigenvalue weighted by Crippen LogP contribution is 2.46. The average Bonchev–Trinajstić information content (AvgIpc) is 3.89. The molecule has 11 aromatic rings. The van der Waals surface area contributed by atoms with Gasteiger partial charge in [0.2, 0.25) is 0 Å². The molecule has 0 amide bonds. The summed E-state index contributed by atoms with van der Waals surface area (Å²) in [5.74, 6) is 0. The maximum atomic E-state index is 15.8. The Balaban J connectivity index is 1.31. The minimum atomic E-state index is -4.82. The molecule has 0 aliphatic heterocycles. The third-order valence-electron chi connectivity index (χ3n) is 12.5. The molecular formula is C58H30F3N7. The van der Waals surface area contributed by atoms with Gasteiger partial charge in [0.25, 0.3) is 0 Å². The summed E-state index contributed by atoms with van der Waals surface area (Å²) in [6, 6.07) is 62.3. The number of nitriles is 4. The van der Waals surface area contributed by atoms with Gasteiger partial charge in [-0.25, -0.2) is 4.98 Å². The van der Waals surface area contributed by atoms with E-state index < -0.39 is 11.7 Å². The molecule has 0 saturated heterocycles. The van der Waals surface area contributed by atoms with Crippen molar-refractivity contribution >= 4 is 43.6 Å². The standard InChI is InChI=1S/C58H30F3N7/c59-58(60,61)42-29-55(67-51-15-6-4-11-45(51)47-23-19-38(27-53(47)67)43-21-17-35(31-62)25-40(43)33-64)57(50-14-8-13-49(66-50)37-9-2-1-3-10-37)56(30-42)68-52-16-7-5-12-46(52)48-24-20-39(28-54(48)68)44-22-18-36(32-63)26-41(44)34-65/h1-30H. The highest BCUT2D eigenvalue weighted by molar-refractivity contribution is 6.13. The third kappa shape index (κ3) is 6.69. The lowest BCUT2D eigenvalue weighted by Gasteiger charge is -2.22. The molecule has 11 rings (SSSR count). The van der Waals surface area contributed by atoms with Crippen molar-refractivity contribution in [3.63, 3.8) is 0 Å². The molecule has 318 valence electrons. The second-order valence-corrected chi connectivity index (χ2v) is 16.3. The molecule has 0 bridgehead atoms. The van der Waals surface area contributed by atoms with Crippen molar-refractivity contribution in [3.8, 4) is 80.4 Å². The Bertz CT molecular complexity index is 3860. The number of benzene rings is 8. The summed E-state index contributed by atoms with van der Waals surface area (Å²) in [5.41, 5.74) is 7.82. The Labute approximate surface area is 386 Å². The third-order valence-corrected chi connectivity index (χ3v) is 12.5. The molecule has 0 radical (unpaired) electrons. The van der Waals surface area contributed by atoms with Crippen LogP contribution in [-0.4, -0.2) is 14.1 Å². The maximum absolute atomic E-state index is 15.8. The van der Waals surface area contributed by atoms with Crippen molar-refractivity contribution in [1.82, 2.24) is 14.1 Å². The number of para-hydroxylation sites is 2. The summed E-state index contributed by atoms with van der Waals surface area (Å²) in [6.45, 7) is 0. The largest absolute Gasteiger partial charge is 0.416 e. The summed E-state index contributed by atoms with van der Waals surface area (Å²) < 4.78 is 51.2. The Hall–Kier alpha value is -9.74. The van der Waals surface area contributed by atoms with E-state index in [0.717, 1.165) is 27.1 Å². The molecule has 10 heteroatoms. The Morgan fingerprint density at radius 3 is 1.35 bits per heavy atom. The molecule has 8 aromatic carbocycles. The summed E-state index contributed by atoms with van der Waals surface area (Å²) in [7, 11) is 0. The van der Waals surface area contributed by atoms with E-state index in [9.17, 15) is 21.0 Å². The van der Waals surface area contributed by atoms with Gasteiger partial charge in [0.15, 0.2) is 0 Å². The van der Waals surface area contributed by atoms with Crippen LogP contribution in [0.2, 0.25) is 0 Å². The van der Waals surface area contributed by atoms with Crippen molar-refractivity contribution in [3.05, 3.63) is 210 Å². The van der Waals surface area contributed by atoms with Gasteiger partial charge in [0.05, 0.1) is 96.9 Å². The SMILES string of the molecule is N#Cc1ccc(-c2ccc3c4ccccc4n(-c4cc(C(F)(F)F)cc(-n5c6ccccc6c6ccc(-c7ccc(C#N)cc7C#N)cc65)c4-c4cccc(-c5ccccc5)n4)c3c2)c(C#N)c1. The number of alkyl halides is 3. The smallest absolute Gasteiger partial charge is 0.308 e. The molecular weight excluding hydrogens is 852 g/mol. The van der Waals surface area contributed by atoms with Crippen LogP contribution < -0.4 is 0 Å². The summed E-state index contributed by atoms with van der Waals surface area (Å²) in [4.78, 5) is 5.24. The van der Waals surface area contributed by atoms with Crippen LogP contribution >= 0.6 is 0 Å². The first kappa shape index (κ1) is 41.0. The predicted molar refractivity (Wildman–Crippen MR) is 259 cm³/mol. The maximum Gasteiger partial charge on any atom is 0.416 e. The van der Waals surface area contributed by atoms with Crippen molar-refractivity contribution in [2.75, 3.05) is 0 Å². The van der Waals surface area contributed by atoms with Crippen molar-refractivity contribution in [1.29, 1.82) is 21.0 Å². The van der Waals surface area contributed by atoms with Gasteiger partial charge in [0.1, 0.15) is 0 Å². The first-order valence-corrected chi connectivity index (χ1v) is 21.4. The zero-order chi connectivity index (χ0) is 46.7. The molecule has 0 atom stereocenters. The number of fused-ring (bicyclic) bond motifs is 6. The van der Waals surface area contributed by atoms with E-state index in [2.05, 4.69) is 24.3 Å². The zero-order valence-electron chi connectivity index (χ0n) is 35.6. The Kier molecular flexibility index (Phi) is 9.68. The van der Waals surface area contributed by atoms with Gasteiger partial charge in [-0.1, -0.05) is 109 Å². The number of hydrogen-bond acceptors (Lipinski definition) is 5. The van der Waals surface area contributed by atoms with Gasteiger partial charge in [-0.05, 0) is 95.1 Å². The number of aromatic nitrogens is 3. The van der Waals surface area contributed by atoms with Crippen LogP contribution in [0.4, 0.5) is 13.2 Å². The fourth-order valence-electron chi connectivity index (χ4n) is 9.45. The summed E-state index contributed by atoms with van der Waals surface area (Å²) >= 11 is 0. The van der Waals surface area contributed by atoms with Crippen LogP contribution in [0.15, 0.2) is 182 Å². The molecule has 0 aliphatic carbocycles. The topological polar surface area (TPSA) is 118 Å². The van der Waals surface area contributed by atoms with Gasteiger partial charge in [-0.15, -0.1) is 0 Å². The fourth-order valence-corrected chi connectivity index (χ4v) is 9.45. The van der Waals surface area contributed by atoms with Crippen LogP contribution in [0.5, 0.6) is 0 Å². The minimum Gasteiger partial charge on any atom is -0.308 e. The number of nitrogens with zero attached hydrogens (tertiary/aromatic N) is 7. The highest BCUT2D eigenvalue weighted by atomic mass is 19.4. The van der Waals surface area contributed by atoms with Gasteiger partial charge in [-0.2, -0.15) is 34.2 Å². The number of pyridine rings is 1. The van der Waals surface area contributed by atoms with Crippen LogP contribution in [0.1, 0.15) is 27.8 Å². The van der Waals surface area contributed by atoms with Crippen LogP contribution in [0, 0.1) is 45.3 Å². The summed E-state index contributed by atoms with van der Waals surface area (Å²) in [6.07, 6.45) is -4.82. The first-order valence-electron chi connectivity index (χ1n) is 21.4. The monoisotopic (exact) mass is 881 g/mol. The van der Waals surface area contributed by atoms with Crippen LogP contribution in [0.3, 0.4) is 0 Å². The van der Waals surface area contributed by atoms with E-state index in [1.165, 1.54) is 24.3 Å². The lowest BCUT2D eigenvalue weighted by Crippen LogP contribution is -2.11. The molecule has 0 aliphatic rings. The molecule has 0 saturated carbocycles. The van der Waals surface area contributed by atoms with Crippen molar-refractivity contribution < 1.29 is 13.2 Å². The number of rotatable bonds is 6. The second-order valence-electron chi connectivity index (χ2n) is 16.3. The molecule has 3 heterocycles. The molecule has 0 unspecified atom stereocenters. The first-order chi connectivity index (χ1) is 33.2. The van der Waals surface area contributed by atoms with Gasteiger partial charge >= 0.3 is 6.18 Å². The van der Waals surface area contributed by atoms with Crippen molar-refractivity contribution in [2.24, 2.45) is 0 Å². The van der Waals surface area contributed by atoms with E-state index in [-0.39, 0.29) is 22.5 Å². The molecule has 0 spiro atoms. The van der Waals surface area contributed by atoms with E-state index in [4.69, 9.17) is 4.98 Å². The Morgan fingerprint density at radius 1 is 0.397 bits per heavy atom. The van der Waals surface area contributed by atoms with Gasteiger partial charge < -0.3 is 9.13 Å². The van der Waals surface area contributed by atoms with Gasteiger partial charge in [0, 0.05) is 32.7 Å². The summed E-state index contributed by atoms with van der Waals surface area (Å²) in [5, 5.41) is 42.8.